The number of piperidine rings is 2. The van der Waals surface area contributed by atoms with E-state index in [1.807, 2.05) is 21.9 Å². The van der Waals surface area contributed by atoms with E-state index in [4.69, 9.17) is 4.74 Å². The standard InChI is InChI=1S/C30H42FN3O3/c1-23-20-25(21-24-7-9-26(31)10-8-24)6-5-16-32(23)17-11-27-22-30(28(35)37-27)12-18-34(19-13-30)29(36)33-14-3-2-4-15-33/h7-10,21,23,27H,2-6,11-20,22H2,1H3/b25-21-/t23-,27-/m0/s1. The van der Waals surface area contributed by atoms with Crippen LogP contribution in [0, 0.1) is 11.2 Å². The number of nitrogens with zero attached hydrogens (tertiary/aromatic N) is 3. The third-order valence-corrected chi connectivity index (χ3v) is 9.05. The maximum absolute atomic E-state index is 13.2. The Balaban J connectivity index is 1.10. The fraction of sp³-hybridized carbons (Fsp3) is 0.667. The Labute approximate surface area is 220 Å². The number of esters is 1. The third kappa shape index (κ3) is 6.19. The molecular weight excluding hydrogens is 469 g/mol. The summed E-state index contributed by atoms with van der Waals surface area (Å²) in [6.07, 6.45) is 11.9. The zero-order valence-electron chi connectivity index (χ0n) is 22.3. The number of halogens is 1. The molecule has 202 valence electrons. The fourth-order valence-electron chi connectivity index (χ4n) is 6.73. The molecule has 1 aromatic rings. The van der Waals surface area contributed by atoms with Crippen molar-refractivity contribution in [1.82, 2.24) is 14.7 Å². The smallest absolute Gasteiger partial charge is 0.319 e. The monoisotopic (exact) mass is 511 g/mol. The molecule has 0 aliphatic carbocycles. The minimum atomic E-state index is -0.404. The maximum Gasteiger partial charge on any atom is 0.319 e. The molecule has 0 N–H and O–H groups in total. The molecule has 0 saturated carbocycles. The van der Waals surface area contributed by atoms with Crippen molar-refractivity contribution in [3.8, 4) is 0 Å². The number of hydrogen-bond donors (Lipinski definition) is 0. The van der Waals surface area contributed by atoms with Crippen molar-refractivity contribution in [2.45, 2.75) is 83.3 Å². The summed E-state index contributed by atoms with van der Waals surface area (Å²) in [5, 5.41) is 0. The summed E-state index contributed by atoms with van der Waals surface area (Å²) in [6.45, 7) is 7.29. The molecule has 4 saturated heterocycles. The number of cyclic esters (lactones) is 1. The number of urea groups is 1. The molecular formula is C30H42FN3O3. The quantitative estimate of drug-likeness (QED) is 0.503. The molecule has 5 rings (SSSR count). The van der Waals surface area contributed by atoms with Gasteiger partial charge in [0.25, 0.3) is 0 Å². The van der Waals surface area contributed by atoms with Crippen LogP contribution < -0.4 is 0 Å². The third-order valence-electron chi connectivity index (χ3n) is 9.05. The molecule has 6 nitrogen and oxygen atoms in total. The van der Waals surface area contributed by atoms with E-state index in [1.54, 1.807) is 0 Å². The van der Waals surface area contributed by atoms with Crippen molar-refractivity contribution in [1.29, 1.82) is 0 Å². The normalized spacial score (nSPS) is 27.9. The van der Waals surface area contributed by atoms with Gasteiger partial charge in [0.2, 0.25) is 0 Å². The molecule has 37 heavy (non-hydrogen) atoms. The molecule has 0 bridgehead atoms. The molecule has 4 aliphatic rings. The Morgan fingerprint density at radius 1 is 1.03 bits per heavy atom. The minimum absolute atomic E-state index is 0.0264. The molecule has 0 aromatic heterocycles. The van der Waals surface area contributed by atoms with Gasteiger partial charge in [-0.3, -0.25) is 4.79 Å². The highest BCUT2D eigenvalue weighted by Gasteiger charge is 2.51. The van der Waals surface area contributed by atoms with Crippen LogP contribution in [0.2, 0.25) is 0 Å². The first-order chi connectivity index (χ1) is 17.9. The summed E-state index contributed by atoms with van der Waals surface area (Å²) in [6, 6.07) is 7.29. The minimum Gasteiger partial charge on any atom is -0.462 e. The molecule has 0 radical (unpaired) electrons. The van der Waals surface area contributed by atoms with Gasteiger partial charge in [0.05, 0.1) is 5.41 Å². The molecule has 4 aliphatic heterocycles. The molecule has 2 atom stereocenters. The number of amides is 2. The summed E-state index contributed by atoms with van der Waals surface area (Å²) >= 11 is 0. The number of benzene rings is 1. The van der Waals surface area contributed by atoms with Crippen LogP contribution in [0.25, 0.3) is 6.08 Å². The van der Waals surface area contributed by atoms with Crippen molar-refractivity contribution in [3.63, 3.8) is 0 Å². The lowest BCUT2D eigenvalue weighted by atomic mass is 9.76. The van der Waals surface area contributed by atoms with E-state index in [-0.39, 0.29) is 23.9 Å². The fourth-order valence-corrected chi connectivity index (χ4v) is 6.73. The van der Waals surface area contributed by atoms with Crippen LogP contribution in [0.3, 0.4) is 0 Å². The Morgan fingerprint density at radius 3 is 2.46 bits per heavy atom. The highest BCUT2D eigenvalue weighted by atomic mass is 19.1. The van der Waals surface area contributed by atoms with Gasteiger partial charge in [0.1, 0.15) is 11.9 Å². The first kappa shape index (κ1) is 26.2. The Kier molecular flexibility index (Phi) is 8.18. The van der Waals surface area contributed by atoms with Crippen LogP contribution in [0.15, 0.2) is 29.8 Å². The molecule has 1 spiro atoms. The van der Waals surface area contributed by atoms with Gasteiger partial charge >= 0.3 is 12.0 Å². The molecule has 4 heterocycles. The number of carbonyl (C=O) groups is 2. The molecule has 7 heteroatoms. The number of ether oxygens (including phenoxy) is 1. The van der Waals surface area contributed by atoms with E-state index in [0.29, 0.717) is 19.1 Å². The van der Waals surface area contributed by atoms with E-state index in [0.717, 1.165) is 89.5 Å². The van der Waals surface area contributed by atoms with Gasteiger partial charge in [0, 0.05) is 45.2 Å². The predicted octanol–water partition coefficient (Wildman–Crippen LogP) is 5.48. The van der Waals surface area contributed by atoms with Gasteiger partial charge in [0.15, 0.2) is 0 Å². The number of carbonyl (C=O) groups excluding carboxylic acids is 2. The first-order valence-corrected chi connectivity index (χ1v) is 14.4. The maximum atomic E-state index is 13.2. The van der Waals surface area contributed by atoms with E-state index in [9.17, 15) is 14.0 Å². The second kappa shape index (κ2) is 11.5. The molecule has 0 unspecified atom stereocenters. The number of hydrogen-bond acceptors (Lipinski definition) is 4. The van der Waals surface area contributed by atoms with Gasteiger partial charge in [-0.15, -0.1) is 0 Å². The summed E-state index contributed by atoms with van der Waals surface area (Å²) in [7, 11) is 0. The Hall–Kier alpha value is -2.41. The van der Waals surface area contributed by atoms with Crippen LogP contribution in [0.4, 0.5) is 9.18 Å². The molecule has 4 fully saturated rings. The zero-order chi connectivity index (χ0) is 25.8. The van der Waals surface area contributed by atoms with Crippen molar-refractivity contribution in [3.05, 3.63) is 41.2 Å². The lowest BCUT2D eigenvalue weighted by Gasteiger charge is -2.39. The molecule has 2 amide bonds. The van der Waals surface area contributed by atoms with Crippen LogP contribution in [0.5, 0.6) is 0 Å². The highest BCUT2D eigenvalue weighted by Crippen LogP contribution is 2.44. The number of rotatable bonds is 4. The summed E-state index contributed by atoms with van der Waals surface area (Å²) in [4.78, 5) is 32.3. The van der Waals surface area contributed by atoms with Gasteiger partial charge in [-0.2, -0.15) is 0 Å². The SMILES string of the molecule is C[C@H]1C/C(=C\c2ccc(F)cc2)CCCN1CC[C@H]1CC2(CCN(C(=O)N3CCCCC3)CC2)C(=O)O1. The van der Waals surface area contributed by atoms with Crippen molar-refractivity contribution in [2.24, 2.45) is 5.41 Å². The Morgan fingerprint density at radius 2 is 1.73 bits per heavy atom. The van der Waals surface area contributed by atoms with Crippen LogP contribution >= 0.6 is 0 Å². The second-order valence-electron chi connectivity index (χ2n) is 11.7. The Bertz CT molecular complexity index is 980. The average Bonchev–Trinajstić information content (AvgIpc) is 3.09. The van der Waals surface area contributed by atoms with Crippen molar-refractivity contribution in [2.75, 3.05) is 39.3 Å². The van der Waals surface area contributed by atoms with Gasteiger partial charge < -0.3 is 19.4 Å². The molecule has 1 aromatic carbocycles. The van der Waals surface area contributed by atoms with E-state index in [1.165, 1.54) is 24.1 Å². The van der Waals surface area contributed by atoms with E-state index in [2.05, 4.69) is 17.9 Å². The van der Waals surface area contributed by atoms with Gasteiger partial charge in [-0.25, -0.2) is 9.18 Å². The first-order valence-electron chi connectivity index (χ1n) is 14.4. The highest BCUT2D eigenvalue weighted by molar-refractivity contribution is 5.80. The second-order valence-corrected chi connectivity index (χ2v) is 11.7. The summed E-state index contributed by atoms with van der Waals surface area (Å²) in [5.41, 5.74) is 2.07. The lowest BCUT2D eigenvalue weighted by Crippen LogP contribution is -2.51. The van der Waals surface area contributed by atoms with Crippen LogP contribution in [-0.2, 0) is 9.53 Å². The van der Waals surface area contributed by atoms with E-state index >= 15 is 0 Å². The largest absolute Gasteiger partial charge is 0.462 e. The van der Waals surface area contributed by atoms with Crippen LogP contribution in [-0.4, -0.2) is 78.1 Å². The average molecular weight is 512 g/mol. The topological polar surface area (TPSA) is 53.1 Å². The van der Waals surface area contributed by atoms with Crippen molar-refractivity contribution >= 4 is 18.1 Å². The lowest BCUT2D eigenvalue weighted by molar-refractivity contribution is -0.150. The summed E-state index contributed by atoms with van der Waals surface area (Å²) in [5.74, 6) is -0.246. The zero-order valence-corrected chi connectivity index (χ0v) is 22.3. The summed E-state index contributed by atoms with van der Waals surface area (Å²) < 4.78 is 19.2. The van der Waals surface area contributed by atoms with E-state index < -0.39 is 5.41 Å². The number of likely N-dealkylation sites (tertiary alicyclic amines) is 3. The van der Waals surface area contributed by atoms with Crippen LogP contribution in [0.1, 0.15) is 76.7 Å². The van der Waals surface area contributed by atoms with Gasteiger partial charge in [-0.05, 0) is 89.0 Å². The predicted molar refractivity (Wildman–Crippen MR) is 142 cm³/mol. The van der Waals surface area contributed by atoms with Crippen molar-refractivity contribution < 1.29 is 18.7 Å². The van der Waals surface area contributed by atoms with Gasteiger partial charge in [-0.1, -0.05) is 23.8 Å².